The fourth-order valence-electron chi connectivity index (χ4n) is 2.75. The highest BCUT2D eigenvalue weighted by molar-refractivity contribution is 7.19. The van der Waals surface area contributed by atoms with E-state index in [0.717, 1.165) is 42.5 Å². The predicted octanol–water partition coefficient (Wildman–Crippen LogP) is 3.19. The topological polar surface area (TPSA) is 47.0 Å². The molecule has 1 N–H and O–H groups in total. The predicted molar refractivity (Wildman–Crippen MR) is 83.8 cm³/mol. The number of nitrogens with zero attached hydrogens (tertiary/aromatic N) is 2. The molecule has 5 heteroatoms. The van der Waals surface area contributed by atoms with Gasteiger partial charge in [-0.2, -0.15) is 0 Å². The van der Waals surface area contributed by atoms with Crippen LogP contribution in [0, 0.1) is 0 Å². The van der Waals surface area contributed by atoms with E-state index in [2.05, 4.69) is 12.2 Å². The smallest absolute Gasteiger partial charge is 0.138 e. The van der Waals surface area contributed by atoms with Crippen molar-refractivity contribution < 1.29 is 4.74 Å². The molecule has 1 aliphatic rings. The summed E-state index contributed by atoms with van der Waals surface area (Å²) in [5, 5.41) is 4.76. The van der Waals surface area contributed by atoms with Gasteiger partial charge < -0.3 is 10.1 Å². The van der Waals surface area contributed by atoms with Crippen LogP contribution in [0.5, 0.6) is 0 Å². The van der Waals surface area contributed by atoms with Crippen molar-refractivity contribution in [2.75, 3.05) is 25.6 Å². The lowest BCUT2D eigenvalue weighted by Crippen LogP contribution is -2.08. The first kappa shape index (κ1) is 13.8. The Morgan fingerprint density at radius 2 is 2.20 bits per heavy atom. The molecule has 3 rings (SSSR count). The SMILES string of the molecule is CCc1nc(NCCCOC)c2c3c(sc2n1)CCC3. The van der Waals surface area contributed by atoms with Gasteiger partial charge in [0, 0.05) is 31.6 Å². The molecule has 0 saturated carbocycles. The van der Waals surface area contributed by atoms with E-state index < -0.39 is 0 Å². The van der Waals surface area contributed by atoms with Crippen LogP contribution in [0.4, 0.5) is 5.82 Å². The third kappa shape index (κ3) is 2.52. The van der Waals surface area contributed by atoms with Crippen molar-refractivity contribution in [3.63, 3.8) is 0 Å². The number of fused-ring (bicyclic) bond motifs is 3. The van der Waals surface area contributed by atoms with E-state index in [9.17, 15) is 0 Å². The van der Waals surface area contributed by atoms with Crippen LogP contribution in [0.1, 0.15) is 36.0 Å². The first-order valence-corrected chi connectivity index (χ1v) is 8.19. The zero-order chi connectivity index (χ0) is 13.9. The van der Waals surface area contributed by atoms with Gasteiger partial charge >= 0.3 is 0 Å². The summed E-state index contributed by atoms with van der Waals surface area (Å²) in [5.74, 6) is 1.97. The number of rotatable bonds is 6. The van der Waals surface area contributed by atoms with E-state index in [1.54, 1.807) is 7.11 Å². The van der Waals surface area contributed by atoms with Crippen LogP contribution in [0.15, 0.2) is 0 Å². The molecule has 0 radical (unpaired) electrons. The standard InChI is InChI=1S/C15H21N3OS/c1-3-12-17-14(16-8-5-9-19-2)13-10-6-4-7-11(10)20-15(13)18-12/h3-9H2,1-2H3,(H,16,17,18). The van der Waals surface area contributed by atoms with Gasteiger partial charge in [-0.3, -0.25) is 0 Å². The molecule has 0 unspecified atom stereocenters. The highest BCUT2D eigenvalue weighted by Crippen LogP contribution is 2.39. The molecule has 1 aliphatic carbocycles. The minimum atomic E-state index is 0.781. The lowest BCUT2D eigenvalue weighted by molar-refractivity contribution is 0.198. The summed E-state index contributed by atoms with van der Waals surface area (Å²) in [6.45, 7) is 3.79. The highest BCUT2D eigenvalue weighted by atomic mass is 32.1. The van der Waals surface area contributed by atoms with Crippen LogP contribution in [0.2, 0.25) is 0 Å². The quantitative estimate of drug-likeness (QED) is 0.830. The Morgan fingerprint density at radius 1 is 1.30 bits per heavy atom. The summed E-state index contributed by atoms with van der Waals surface area (Å²) in [6.07, 6.45) is 5.54. The van der Waals surface area contributed by atoms with E-state index in [1.165, 1.54) is 35.1 Å². The maximum absolute atomic E-state index is 5.10. The number of thiophene rings is 1. The van der Waals surface area contributed by atoms with Crippen molar-refractivity contribution in [3.05, 3.63) is 16.3 Å². The molecular formula is C15H21N3OS. The third-order valence-corrected chi connectivity index (χ3v) is 4.93. The second-order valence-electron chi connectivity index (χ2n) is 5.15. The molecule has 0 aliphatic heterocycles. The van der Waals surface area contributed by atoms with Crippen molar-refractivity contribution in [3.8, 4) is 0 Å². The van der Waals surface area contributed by atoms with Crippen molar-refractivity contribution in [2.24, 2.45) is 0 Å². The number of aromatic nitrogens is 2. The number of aryl methyl sites for hydroxylation is 3. The number of nitrogens with one attached hydrogen (secondary N) is 1. The molecule has 0 bridgehead atoms. The van der Waals surface area contributed by atoms with Crippen molar-refractivity contribution in [2.45, 2.75) is 39.0 Å². The van der Waals surface area contributed by atoms with Gasteiger partial charge in [0.2, 0.25) is 0 Å². The maximum Gasteiger partial charge on any atom is 0.138 e. The fourth-order valence-corrected chi connectivity index (χ4v) is 4.03. The first-order chi connectivity index (χ1) is 9.83. The molecule has 2 aromatic heterocycles. The molecule has 108 valence electrons. The average Bonchev–Trinajstić information content (AvgIpc) is 3.03. The molecular weight excluding hydrogens is 270 g/mol. The van der Waals surface area contributed by atoms with Crippen LogP contribution in [0.25, 0.3) is 10.2 Å². The van der Waals surface area contributed by atoms with Gasteiger partial charge in [-0.25, -0.2) is 9.97 Å². The molecule has 20 heavy (non-hydrogen) atoms. The monoisotopic (exact) mass is 291 g/mol. The molecule has 2 aromatic rings. The van der Waals surface area contributed by atoms with Gasteiger partial charge in [0.1, 0.15) is 16.5 Å². The summed E-state index contributed by atoms with van der Waals surface area (Å²) in [4.78, 5) is 12.1. The number of methoxy groups -OCH3 is 1. The molecule has 4 nitrogen and oxygen atoms in total. The van der Waals surface area contributed by atoms with E-state index in [0.29, 0.717) is 0 Å². The molecule has 0 atom stereocenters. The van der Waals surface area contributed by atoms with Crippen molar-refractivity contribution >= 4 is 27.4 Å². The van der Waals surface area contributed by atoms with Crippen LogP contribution < -0.4 is 5.32 Å². The summed E-state index contributed by atoms with van der Waals surface area (Å²) < 4.78 is 5.10. The van der Waals surface area contributed by atoms with Gasteiger partial charge in [-0.05, 0) is 31.2 Å². The second kappa shape index (κ2) is 6.06. The number of hydrogen-bond donors (Lipinski definition) is 1. The van der Waals surface area contributed by atoms with E-state index in [4.69, 9.17) is 14.7 Å². The maximum atomic E-state index is 5.10. The summed E-state index contributed by atoms with van der Waals surface area (Å²) in [6, 6.07) is 0. The van der Waals surface area contributed by atoms with E-state index in [-0.39, 0.29) is 0 Å². The first-order valence-electron chi connectivity index (χ1n) is 7.37. The lowest BCUT2D eigenvalue weighted by Gasteiger charge is -2.09. The zero-order valence-corrected chi connectivity index (χ0v) is 13.0. The molecule has 0 amide bonds. The Balaban J connectivity index is 1.94. The van der Waals surface area contributed by atoms with E-state index >= 15 is 0 Å². The fraction of sp³-hybridized carbons (Fsp3) is 0.600. The van der Waals surface area contributed by atoms with E-state index in [1.807, 2.05) is 11.3 Å². The number of ether oxygens (including phenoxy) is 1. The van der Waals surface area contributed by atoms with Crippen molar-refractivity contribution in [1.82, 2.24) is 9.97 Å². The van der Waals surface area contributed by atoms with Gasteiger partial charge in [0.25, 0.3) is 0 Å². The second-order valence-corrected chi connectivity index (χ2v) is 6.24. The van der Waals surface area contributed by atoms with Gasteiger partial charge in [0.05, 0.1) is 5.39 Å². The van der Waals surface area contributed by atoms with Crippen LogP contribution in [-0.4, -0.2) is 30.2 Å². The van der Waals surface area contributed by atoms with Gasteiger partial charge in [-0.15, -0.1) is 11.3 Å². The number of hydrogen-bond acceptors (Lipinski definition) is 5. The Bertz CT molecular complexity index is 609. The Morgan fingerprint density at radius 3 is 3.00 bits per heavy atom. The zero-order valence-electron chi connectivity index (χ0n) is 12.2. The summed E-state index contributed by atoms with van der Waals surface area (Å²) in [5.41, 5.74) is 1.49. The molecule has 0 saturated heterocycles. The highest BCUT2D eigenvalue weighted by Gasteiger charge is 2.21. The Kier molecular flexibility index (Phi) is 4.17. The minimum absolute atomic E-state index is 0.781. The molecule has 0 fully saturated rings. The van der Waals surface area contributed by atoms with Gasteiger partial charge in [-0.1, -0.05) is 6.92 Å². The lowest BCUT2D eigenvalue weighted by atomic mass is 10.2. The Labute approximate surface area is 123 Å². The summed E-state index contributed by atoms with van der Waals surface area (Å²) in [7, 11) is 1.74. The summed E-state index contributed by atoms with van der Waals surface area (Å²) >= 11 is 1.86. The van der Waals surface area contributed by atoms with Crippen molar-refractivity contribution in [1.29, 1.82) is 0 Å². The normalized spacial score (nSPS) is 13.9. The third-order valence-electron chi connectivity index (χ3n) is 3.74. The number of anilines is 1. The van der Waals surface area contributed by atoms with Crippen LogP contribution in [0.3, 0.4) is 0 Å². The average molecular weight is 291 g/mol. The Hall–Kier alpha value is -1.20. The van der Waals surface area contributed by atoms with Gasteiger partial charge in [0.15, 0.2) is 0 Å². The minimum Gasteiger partial charge on any atom is -0.385 e. The molecule has 0 aromatic carbocycles. The van der Waals surface area contributed by atoms with Crippen LogP contribution in [-0.2, 0) is 24.0 Å². The molecule has 2 heterocycles. The largest absolute Gasteiger partial charge is 0.385 e. The van der Waals surface area contributed by atoms with Crippen LogP contribution >= 0.6 is 11.3 Å². The molecule has 0 spiro atoms.